The van der Waals surface area contributed by atoms with Crippen molar-refractivity contribution in [2.75, 3.05) is 31.5 Å². The molecule has 0 unspecified atom stereocenters. The van der Waals surface area contributed by atoms with Crippen LogP contribution in [0.1, 0.15) is 16.1 Å². The van der Waals surface area contributed by atoms with Gasteiger partial charge < -0.3 is 15.1 Å². The number of piperazine rings is 1. The van der Waals surface area contributed by atoms with E-state index in [-0.39, 0.29) is 11.6 Å². The van der Waals surface area contributed by atoms with Gasteiger partial charge in [-0.3, -0.25) is 9.59 Å². The number of carbonyl (C=O) groups excluding carboxylic acids is 2. The highest BCUT2D eigenvalue weighted by Crippen LogP contribution is 2.30. The van der Waals surface area contributed by atoms with Crippen LogP contribution in [0.25, 0.3) is 0 Å². The van der Waals surface area contributed by atoms with Gasteiger partial charge in [0, 0.05) is 31.9 Å². The number of hydrogen-bond acceptors (Lipinski definition) is 5. The van der Waals surface area contributed by atoms with Crippen LogP contribution >= 0.6 is 0 Å². The number of carbonyl (C=O) groups is 2. The number of anilines is 2. The minimum Gasteiger partial charge on any atom is -0.342 e. The van der Waals surface area contributed by atoms with E-state index < -0.39 is 11.7 Å². The lowest BCUT2D eigenvalue weighted by Crippen LogP contribution is -2.48. The summed E-state index contributed by atoms with van der Waals surface area (Å²) in [5.74, 6) is 0.0196. The van der Waals surface area contributed by atoms with Gasteiger partial charge in [0.15, 0.2) is 0 Å². The van der Waals surface area contributed by atoms with Crippen molar-refractivity contribution in [3.8, 4) is 0 Å². The summed E-state index contributed by atoms with van der Waals surface area (Å²) in [4.78, 5) is 34.4. The van der Waals surface area contributed by atoms with Gasteiger partial charge in [0.05, 0.1) is 18.0 Å². The molecule has 0 radical (unpaired) electrons. The second-order valence-corrected chi connectivity index (χ2v) is 5.92. The van der Waals surface area contributed by atoms with E-state index in [1.807, 2.05) is 0 Å². The van der Waals surface area contributed by atoms with E-state index in [2.05, 4.69) is 15.3 Å². The van der Waals surface area contributed by atoms with E-state index in [4.69, 9.17) is 0 Å². The normalized spacial score (nSPS) is 14.8. The SMILES string of the molecule is O=CN1CCN(C(=O)c2cnc(Nc3ccc(C(F)(F)F)cc3)cn2)CC1. The molecule has 2 heterocycles. The Kier molecular flexibility index (Phi) is 5.24. The fourth-order valence-electron chi connectivity index (χ4n) is 2.59. The Labute approximate surface area is 152 Å². The first-order valence-electron chi connectivity index (χ1n) is 8.12. The van der Waals surface area contributed by atoms with Gasteiger partial charge in [-0.1, -0.05) is 0 Å². The zero-order chi connectivity index (χ0) is 19.4. The van der Waals surface area contributed by atoms with Crippen LogP contribution in [0.2, 0.25) is 0 Å². The molecule has 2 amide bonds. The minimum atomic E-state index is -4.39. The smallest absolute Gasteiger partial charge is 0.342 e. The van der Waals surface area contributed by atoms with Crippen LogP contribution in [-0.4, -0.2) is 58.3 Å². The fourth-order valence-corrected chi connectivity index (χ4v) is 2.59. The Morgan fingerprint density at radius 2 is 1.70 bits per heavy atom. The van der Waals surface area contributed by atoms with Gasteiger partial charge in [-0.2, -0.15) is 13.2 Å². The molecule has 1 aliphatic heterocycles. The largest absolute Gasteiger partial charge is 0.416 e. The summed E-state index contributed by atoms with van der Waals surface area (Å²) in [5.41, 5.74) is -0.163. The fraction of sp³-hybridized carbons (Fsp3) is 0.294. The van der Waals surface area contributed by atoms with Crippen LogP contribution in [0.3, 0.4) is 0 Å². The lowest BCUT2D eigenvalue weighted by molar-refractivity contribution is -0.137. The van der Waals surface area contributed by atoms with Gasteiger partial charge in [0.25, 0.3) is 5.91 Å². The predicted octanol–water partition coefficient (Wildman–Crippen LogP) is 2.15. The van der Waals surface area contributed by atoms with Gasteiger partial charge in [-0.05, 0) is 24.3 Å². The van der Waals surface area contributed by atoms with Gasteiger partial charge in [-0.25, -0.2) is 9.97 Å². The highest BCUT2D eigenvalue weighted by Gasteiger charge is 2.30. The number of benzene rings is 1. The minimum absolute atomic E-state index is 0.160. The molecular weight excluding hydrogens is 363 g/mol. The molecule has 0 spiro atoms. The third kappa shape index (κ3) is 4.52. The Morgan fingerprint density at radius 1 is 1.04 bits per heavy atom. The number of nitrogens with one attached hydrogen (secondary N) is 1. The van der Waals surface area contributed by atoms with E-state index in [9.17, 15) is 22.8 Å². The van der Waals surface area contributed by atoms with Crippen LogP contribution in [0.15, 0.2) is 36.7 Å². The molecule has 1 saturated heterocycles. The zero-order valence-corrected chi connectivity index (χ0v) is 14.1. The van der Waals surface area contributed by atoms with Gasteiger partial charge in [0.2, 0.25) is 6.41 Å². The molecule has 1 aromatic carbocycles. The summed E-state index contributed by atoms with van der Waals surface area (Å²) in [7, 11) is 0. The number of nitrogens with zero attached hydrogens (tertiary/aromatic N) is 4. The van der Waals surface area contributed by atoms with E-state index in [1.165, 1.54) is 24.5 Å². The van der Waals surface area contributed by atoms with Crippen molar-refractivity contribution in [1.29, 1.82) is 0 Å². The molecule has 0 saturated carbocycles. The third-order valence-electron chi connectivity index (χ3n) is 4.11. The molecule has 1 N–H and O–H groups in total. The lowest BCUT2D eigenvalue weighted by atomic mass is 10.2. The van der Waals surface area contributed by atoms with E-state index in [1.54, 1.807) is 9.80 Å². The van der Waals surface area contributed by atoms with Gasteiger partial charge in [-0.15, -0.1) is 0 Å². The van der Waals surface area contributed by atoms with Crippen molar-refractivity contribution in [3.05, 3.63) is 47.9 Å². The highest BCUT2D eigenvalue weighted by molar-refractivity contribution is 5.92. The molecule has 2 aromatic rings. The molecular formula is C17H16F3N5O2. The first-order valence-corrected chi connectivity index (χ1v) is 8.12. The molecule has 142 valence electrons. The molecule has 10 heteroatoms. The maximum absolute atomic E-state index is 12.6. The Bertz CT molecular complexity index is 801. The summed E-state index contributed by atoms with van der Waals surface area (Å²) in [6.45, 7) is 1.78. The number of amides is 2. The number of rotatable bonds is 4. The summed E-state index contributed by atoms with van der Waals surface area (Å²) in [6.07, 6.45) is -0.992. The number of halogens is 3. The summed E-state index contributed by atoms with van der Waals surface area (Å²) < 4.78 is 37.7. The molecule has 27 heavy (non-hydrogen) atoms. The van der Waals surface area contributed by atoms with Crippen molar-refractivity contribution in [1.82, 2.24) is 19.8 Å². The van der Waals surface area contributed by atoms with E-state index in [0.29, 0.717) is 37.7 Å². The molecule has 0 aliphatic carbocycles. The number of alkyl halides is 3. The Morgan fingerprint density at radius 3 is 2.22 bits per heavy atom. The topological polar surface area (TPSA) is 78.4 Å². The monoisotopic (exact) mass is 379 g/mol. The number of aromatic nitrogens is 2. The van der Waals surface area contributed by atoms with Crippen molar-refractivity contribution in [3.63, 3.8) is 0 Å². The van der Waals surface area contributed by atoms with Crippen molar-refractivity contribution in [2.45, 2.75) is 6.18 Å². The van der Waals surface area contributed by atoms with Crippen LogP contribution in [0.4, 0.5) is 24.7 Å². The predicted molar refractivity (Wildman–Crippen MR) is 90.3 cm³/mol. The molecule has 1 fully saturated rings. The molecule has 3 rings (SSSR count). The molecule has 0 bridgehead atoms. The summed E-state index contributed by atoms with van der Waals surface area (Å²) in [5, 5.41) is 2.83. The second kappa shape index (κ2) is 7.60. The number of hydrogen-bond donors (Lipinski definition) is 1. The Balaban J connectivity index is 1.62. The van der Waals surface area contributed by atoms with Crippen molar-refractivity contribution in [2.24, 2.45) is 0 Å². The average Bonchev–Trinajstić information content (AvgIpc) is 2.68. The summed E-state index contributed by atoms with van der Waals surface area (Å²) in [6, 6.07) is 4.51. The quantitative estimate of drug-likeness (QED) is 0.824. The lowest BCUT2D eigenvalue weighted by Gasteiger charge is -2.32. The standard InChI is InChI=1S/C17H16F3N5O2/c18-17(19,20)12-1-3-13(4-2-12)23-15-10-21-14(9-22-15)16(27)25-7-5-24(11-26)6-8-25/h1-4,9-11H,5-8H2,(H,22,23). The molecule has 1 aliphatic rings. The van der Waals surface area contributed by atoms with Crippen molar-refractivity contribution >= 4 is 23.8 Å². The van der Waals surface area contributed by atoms with Crippen molar-refractivity contribution < 1.29 is 22.8 Å². The first-order chi connectivity index (χ1) is 12.9. The van der Waals surface area contributed by atoms with E-state index in [0.717, 1.165) is 18.5 Å². The van der Waals surface area contributed by atoms with Crippen LogP contribution in [0.5, 0.6) is 0 Å². The maximum Gasteiger partial charge on any atom is 0.416 e. The Hall–Kier alpha value is -3.17. The van der Waals surface area contributed by atoms with E-state index >= 15 is 0 Å². The molecule has 7 nitrogen and oxygen atoms in total. The van der Waals surface area contributed by atoms with Gasteiger partial charge in [0.1, 0.15) is 11.5 Å². The van der Waals surface area contributed by atoms with Crippen LogP contribution in [0, 0.1) is 0 Å². The average molecular weight is 379 g/mol. The highest BCUT2D eigenvalue weighted by atomic mass is 19.4. The summed E-state index contributed by atoms with van der Waals surface area (Å²) >= 11 is 0. The third-order valence-corrected chi connectivity index (χ3v) is 4.11. The zero-order valence-electron chi connectivity index (χ0n) is 14.1. The first kappa shape index (κ1) is 18.6. The maximum atomic E-state index is 12.6. The van der Waals surface area contributed by atoms with Crippen LogP contribution < -0.4 is 5.32 Å². The second-order valence-electron chi connectivity index (χ2n) is 5.92. The van der Waals surface area contributed by atoms with Crippen LogP contribution in [-0.2, 0) is 11.0 Å². The molecule has 0 atom stereocenters. The molecule has 1 aromatic heterocycles. The van der Waals surface area contributed by atoms with Gasteiger partial charge >= 0.3 is 6.18 Å².